The van der Waals surface area contributed by atoms with Crippen molar-refractivity contribution in [1.82, 2.24) is 5.32 Å². The molecule has 5 nitrogen and oxygen atoms in total. The zero-order chi connectivity index (χ0) is 15.0. The molecule has 0 spiro atoms. The van der Waals surface area contributed by atoms with Crippen LogP contribution in [0.3, 0.4) is 0 Å². The molecule has 1 aromatic carbocycles. The van der Waals surface area contributed by atoms with E-state index in [-0.39, 0.29) is 6.61 Å². The minimum Gasteiger partial charge on any atom is -0.496 e. The van der Waals surface area contributed by atoms with Crippen molar-refractivity contribution in [2.45, 2.75) is 25.8 Å². The smallest absolute Gasteiger partial charge is 0.126 e. The third kappa shape index (κ3) is 4.90. The molecule has 1 unspecified atom stereocenters. The second kappa shape index (κ2) is 7.97. The van der Waals surface area contributed by atoms with Crippen molar-refractivity contribution in [3.05, 3.63) is 18.2 Å². The number of hydrogen-bond donors (Lipinski definition) is 2. The highest BCUT2D eigenvalue weighted by molar-refractivity contribution is 5.42. The van der Waals surface area contributed by atoms with Crippen LogP contribution in [0.1, 0.15) is 20.3 Å². The molecule has 20 heavy (non-hydrogen) atoms. The van der Waals surface area contributed by atoms with Crippen LogP contribution in [0.5, 0.6) is 17.2 Å². The van der Waals surface area contributed by atoms with Gasteiger partial charge in [0.25, 0.3) is 0 Å². The molecule has 0 bridgehead atoms. The lowest BCUT2D eigenvalue weighted by molar-refractivity contribution is 0.116. The third-order valence-electron chi connectivity index (χ3n) is 3.03. The lowest BCUT2D eigenvalue weighted by Crippen LogP contribution is -2.50. The Labute approximate surface area is 120 Å². The van der Waals surface area contributed by atoms with Crippen LogP contribution >= 0.6 is 0 Å². The van der Waals surface area contributed by atoms with Gasteiger partial charge in [0.05, 0.1) is 26.4 Å². The molecule has 0 fully saturated rings. The van der Waals surface area contributed by atoms with Crippen LogP contribution in [-0.4, -0.2) is 44.6 Å². The first kappa shape index (κ1) is 16.6. The monoisotopic (exact) mass is 283 g/mol. The SMILES string of the molecule is CCCNC(C)(CO)COc1cc(OC)cc(OC)c1. The fourth-order valence-corrected chi connectivity index (χ4v) is 1.69. The molecule has 0 aromatic heterocycles. The Balaban J connectivity index is 2.72. The summed E-state index contributed by atoms with van der Waals surface area (Å²) in [5.41, 5.74) is -0.466. The Morgan fingerprint density at radius 1 is 1.10 bits per heavy atom. The number of hydrogen-bond acceptors (Lipinski definition) is 5. The van der Waals surface area contributed by atoms with Gasteiger partial charge < -0.3 is 24.6 Å². The summed E-state index contributed by atoms with van der Waals surface area (Å²) < 4.78 is 16.2. The molecule has 5 heteroatoms. The van der Waals surface area contributed by atoms with Crippen molar-refractivity contribution in [3.63, 3.8) is 0 Å². The molecule has 0 aliphatic heterocycles. The van der Waals surface area contributed by atoms with Gasteiger partial charge >= 0.3 is 0 Å². The van der Waals surface area contributed by atoms with Gasteiger partial charge in [-0.2, -0.15) is 0 Å². The van der Waals surface area contributed by atoms with Crippen molar-refractivity contribution in [2.24, 2.45) is 0 Å². The molecular formula is C15H25NO4. The summed E-state index contributed by atoms with van der Waals surface area (Å²) in [6.07, 6.45) is 1.00. The van der Waals surface area contributed by atoms with Crippen LogP contribution in [-0.2, 0) is 0 Å². The van der Waals surface area contributed by atoms with Gasteiger partial charge in [-0.25, -0.2) is 0 Å². The predicted octanol–water partition coefficient (Wildman–Crippen LogP) is 1.83. The van der Waals surface area contributed by atoms with E-state index in [4.69, 9.17) is 14.2 Å². The highest BCUT2D eigenvalue weighted by atomic mass is 16.5. The van der Waals surface area contributed by atoms with Gasteiger partial charge in [0.2, 0.25) is 0 Å². The Hall–Kier alpha value is -1.46. The first-order valence-electron chi connectivity index (χ1n) is 6.78. The number of benzene rings is 1. The number of aliphatic hydroxyl groups is 1. The van der Waals surface area contributed by atoms with Gasteiger partial charge in [-0.15, -0.1) is 0 Å². The highest BCUT2D eigenvalue weighted by Gasteiger charge is 2.23. The third-order valence-corrected chi connectivity index (χ3v) is 3.03. The Morgan fingerprint density at radius 2 is 1.65 bits per heavy atom. The fourth-order valence-electron chi connectivity index (χ4n) is 1.69. The first-order chi connectivity index (χ1) is 9.56. The number of aliphatic hydroxyl groups excluding tert-OH is 1. The zero-order valence-corrected chi connectivity index (χ0v) is 12.7. The summed E-state index contributed by atoms with van der Waals surface area (Å²) in [7, 11) is 3.19. The van der Waals surface area contributed by atoms with E-state index in [0.29, 0.717) is 23.9 Å². The summed E-state index contributed by atoms with van der Waals surface area (Å²) in [6.45, 7) is 5.22. The Bertz CT molecular complexity index is 389. The standard InChI is InChI=1S/C15H25NO4/c1-5-6-16-15(2,10-17)11-20-14-8-12(18-3)7-13(9-14)19-4/h7-9,16-17H,5-6,10-11H2,1-4H3. The van der Waals surface area contributed by atoms with E-state index in [2.05, 4.69) is 12.2 Å². The molecule has 1 atom stereocenters. The molecule has 0 saturated heterocycles. The Kier molecular flexibility index (Phi) is 6.61. The maximum atomic E-state index is 9.50. The molecular weight excluding hydrogens is 258 g/mol. The average Bonchev–Trinajstić information content (AvgIpc) is 2.50. The summed E-state index contributed by atoms with van der Waals surface area (Å²) in [5, 5.41) is 12.8. The molecule has 0 amide bonds. The van der Waals surface area contributed by atoms with Crippen LogP contribution < -0.4 is 19.5 Å². The van der Waals surface area contributed by atoms with Gasteiger partial charge in [0, 0.05) is 18.2 Å². The van der Waals surface area contributed by atoms with Crippen LogP contribution in [0.4, 0.5) is 0 Å². The lowest BCUT2D eigenvalue weighted by atomic mass is 10.1. The van der Waals surface area contributed by atoms with Crippen LogP contribution in [0.25, 0.3) is 0 Å². The number of rotatable bonds is 9. The number of ether oxygens (including phenoxy) is 3. The van der Waals surface area contributed by atoms with Crippen LogP contribution in [0.15, 0.2) is 18.2 Å². The quantitative estimate of drug-likeness (QED) is 0.724. The van der Waals surface area contributed by atoms with E-state index in [0.717, 1.165) is 13.0 Å². The minimum absolute atomic E-state index is 0.00804. The van der Waals surface area contributed by atoms with E-state index in [1.165, 1.54) is 0 Å². The summed E-state index contributed by atoms with van der Waals surface area (Å²) >= 11 is 0. The van der Waals surface area contributed by atoms with Gasteiger partial charge in [-0.05, 0) is 19.9 Å². The molecule has 1 aromatic rings. The summed E-state index contributed by atoms with van der Waals surface area (Å²) in [4.78, 5) is 0. The van der Waals surface area contributed by atoms with E-state index in [9.17, 15) is 5.11 Å². The van der Waals surface area contributed by atoms with Gasteiger partial charge in [0.15, 0.2) is 0 Å². The van der Waals surface area contributed by atoms with Gasteiger partial charge in [0.1, 0.15) is 23.9 Å². The molecule has 1 rings (SSSR count). The minimum atomic E-state index is -0.466. The second-order valence-corrected chi connectivity index (χ2v) is 4.98. The van der Waals surface area contributed by atoms with Crippen molar-refractivity contribution >= 4 is 0 Å². The maximum absolute atomic E-state index is 9.50. The molecule has 0 saturated carbocycles. The second-order valence-electron chi connectivity index (χ2n) is 4.98. The molecule has 0 heterocycles. The lowest BCUT2D eigenvalue weighted by Gasteiger charge is -2.28. The van der Waals surface area contributed by atoms with Crippen molar-refractivity contribution < 1.29 is 19.3 Å². The normalized spacial score (nSPS) is 13.7. The van der Waals surface area contributed by atoms with Crippen LogP contribution in [0, 0.1) is 0 Å². The van der Waals surface area contributed by atoms with E-state index in [1.807, 2.05) is 6.92 Å². The van der Waals surface area contributed by atoms with Crippen molar-refractivity contribution in [2.75, 3.05) is 34.0 Å². The maximum Gasteiger partial charge on any atom is 0.126 e. The van der Waals surface area contributed by atoms with Crippen molar-refractivity contribution in [3.8, 4) is 17.2 Å². The average molecular weight is 283 g/mol. The van der Waals surface area contributed by atoms with Gasteiger partial charge in [-0.1, -0.05) is 6.92 Å². The van der Waals surface area contributed by atoms with Gasteiger partial charge in [-0.3, -0.25) is 0 Å². The van der Waals surface area contributed by atoms with Crippen molar-refractivity contribution in [1.29, 1.82) is 0 Å². The molecule has 114 valence electrons. The largest absolute Gasteiger partial charge is 0.496 e. The van der Waals surface area contributed by atoms with E-state index in [1.54, 1.807) is 32.4 Å². The predicted molar refractivity (Wildman–Crippen MR) is 78.8 cm³/mol. The van der Waals surface area contributed by atoms with E-state index < -0.39 is 5.54 Å². The number of methoxy groups -OCH3 is 2. The van der Waals surface area contributed by atoms with E-state index >= 15 is 0 Å². The van der Waals surface area contributed by atoms with Crippen LogP contribution in [0.2, 0.25) is 0 Å². The highest BCUT2D eigenvalue weighted by Crippen LogP contribution is 2.27. The summed E-state index contributed by atoms with van der Waals surface area (Å²) in [5.74, 6) is 2.00. The molecule has 0 aliphatic carbocycles. The summed E-state index contributed by atoms with van der Waals surface area (Å²) in [6, 6.07) is 5.37. The zero-order valence-electron chi connectivity index (χ0n) is 12.7. The number of nitrogens with one attached hydrogen (secondary N) is 1. The molecule has 0 aliphatic rings. The fraction of sp³-hybridized carbons (Fsp3) is 0.600. The molecule has 2 N–H and O–H groups in total. The Morgan fingerprint density at radius 3 is 2.10 bits per heavy atom. The molecule has 0 radical (unpaired) electrons. The first-order valence-corrected chi connectivity index (χ1v) is 6.78. The topological polar surface area (TPSA) is 60.0 Å².